The van der Waals surface area contributed by atoms with Crippen LogP contribution in [-0.4, -0.2) is 9.13 Å². The highest BCUT2D eigenvalue weighted by Gasteiger charge is 2.35. The predicted octanol–water partition coefficient (Wildman–Crippen LogP) is 15.7. The third kappa shape index (κ3) is 5.64. The maximum Gasteiger partial charge on any atom is 0.0541 e. The first-order chi connectivity index (χ1) is 30.0. The van der Waals surface area contributed by atoms with E-state index in [2.05, 4.69) is 241 Å². The van der Waals surface area contributed by atoms with Gasteiger partial charge in [0.25, 0.3) is 0 Å². The molecule has 0 radical (unpaired) electrons. The standard InChI is InChI=1S/C59H42N2/c1-59(2)53-35-40(22-21-39-23-26-41(27-24-39)42-29-33-57-51(36-42)49-17-9-11-19-55(49)60(57)45-13-5-3-6-14-45)25-31-47(53)48-32-28-44(38-54(48)59)43-30-34-58-52(37-43)50-18-10-12-20-56(50)61(58)46-15-7-4-8-16-46/h3-38H,1-2H3/b22-21+. The van der Waals surface area contributed by atoms with Crippen LogP contribution in [-0.2, 0) is 5.41 Å². The molecule has 12 rings (SSSR count). The molecule has 0 fully saturated rings. The minimum Gasteiger partial charge on any atom is -0.309 e. The van der Waals surface area contributed by atoms with Crippen molar-refractivity contribution in [3.63, 3.8) is 0 Å². The van der Waals surface area contributed by atoms with Gasteiger partial charge in [0, 0.05) is 38.3 Å². The third-order valence-corrected chi connectivity index (χ3v) is 13.1. The second kappa shape index (κ2) is 13.7. The molecule has 2 heteroatoms. The first kappa shape index (κ1) is 35.3. The van der Waals surface area contributed by atoms with Gasteiger partial charge in [0.1, 0.15) is 0 Å². The highest BCUT2D eigenvalue weighted by atomic mass is 15.0. The van der Waals surface area contributed by atoms with Gasteiger partial charge in [-0.25, -0.2) is 0 Å². The van der Waals surface area contributed by atoms with Crippen LogP contribution in [0.5, 0.6) is 0 Å². The van der Waals surface area contributed by atoms with Gasteiger partial charge in [0.05, 0.1) is 22.1 Å². The maximum absolute atomic E-state index is 2.43. The van der Waals surface area contributed by atoms with Gasteiger partial charge in [-0.3, -0.25) is 0 Å². The lowest BCUT2D eigenvalue weighted by molar-refractivity contribution is 0.660. The number of fused-ring (bicyclic) bond motifs is 9. The Hall–Kier alpha value is -7.68. The highest BCUT2D eigenvalue weighted by molar-refractivity contribution is 6.11. The minimum absolute atomic E-state index is 0.131. The van der Waals surface area contributed by atoms with E-state index in [0.717, 1.165) is 0 Å². The molecule has 0 spiro atoms. The zero-order chi connectivity index (χ0) is 40.7. The average Bonchev–Trinajstić information content (AvgIpc) is 3.91. The minimum atomic E-state index is -0.131. The van der Waals surface area contributed by atoms with Crippen LogP contribution >= 0.6 is 0 Å². The lowest BCUT2D eigenvalue weighted by Gasteiger charge is -2.22. The molecule has 0 N–H and O–H groups in total. The van der Waals surface area contributed by atoms with Crippen molar-refractivity contribution in [1.82, 2.24) is 9.13 Å². The molecule has 9 aromatic carbocycles. The van der Waals surface area contributed by atoms with Crippen LogP contribution in [0.25, 0.3) is 101 Å². The molecule has 0 saturated carbocycles. The van der Waals surface area contributed by atoms with Gasteiger partial charge in [-0.1, -0.05) is 166 Å². The smallest absolute Gasteiger partial charge is 0.0541 e. The monoisotopic (exact) mass is 778 g/mol. The Morgan fingerprint density at radius 3 is 1.33 bits per heavy atom. The van der Waals surface area contributed by atoms with Crippen LogP contribution in [0, 0.1) is 0 Å². The Morgan fingerprint density at radius 2 is 0.738 bits per heavy atom. The molecule has 11 aromatic rings. The Kier molecular flexibility index (Phi) is 7.92. The molecule has 0 amide bonds. The number of para-hydroxylation sites is 4. The summed E-state index contributed by atoms with van der Waals surface area (Å²) in [5.41, 5.74) is 19.9. The van der Waals surface area contributed by atoms with Gasteiger partial charge in [-0.15, -0.1) is 0 Å². The van der Waals surface area contributed by atoms with Crippen LogP contribution in [0.1, 0.15) is 36.1 Å². The molecule has 2 nitrogen and oxygen atoms in total. The molecule has 0 aliphatic heterocycles. The molecule has 0 unspecified atom stereocenters. The summed E-state index contributed by atoms with van der Waals surface area (Å²) >= 11 is 0. The van der Waals surface area contributed by atoms with Crippen molar-refractivity contribution < 1.29 is 0 Å². The largest absolute Gasteiger partial charge is 0.309 e. The summed E-state index contributed by atoms with van der Waals surface area (Å²) < 4.78 is 4.75. The van der Waals surface area contributed by atoms with Crippen LogP contribution in [0.2, 0.25) is 0 Å². The first-order valence-electron chi connectivity index (χ1n) is 21.3. The number of aromatic nitrogens is 2. The summed E-state index contributed by atoms with van der Waals surface area (Å²) in [6, 6.07) is 75.6. The fourth-order valence-corrected chi connectivity index (χ4v) is 10.0. The second-order valence-corrected chi connectivity index (χ2v) is 17.0. The molecular formula is C59H42N2. The maximum atomic E-state index is 2.43. The molecule has 61 heavy (non-hydrogen) atoms. The van der Waals surface area contributed by atoms with Gasteiger partial charge in [0.15, 0.2) is 0 Å². The van der Waals surface area contributed by atoms with Gasteiger partial charge in [0.2, 0.25) is 0 Å². The Bertz CT molecular complexity index is 3530. The van der Waals surface area contributed by atoms with Gasteiger partial charge < -0.3 is 9.13 Å². The Labute approximate surface area is 355 Å². The third-order valence-electron chi connectivity index (χ3n) is 13.1. The van der Waals surface area contributed by atoms with Crippen molar-refractivity contribution in [2.24, 2.45) is 0 Å². The molecule has 0 atom stereocenters. The zero-order valence-electron chi connectivity index (χ0n) is 34.2. The van der Waals surface area contributed by atoms with Crippen molar-refractivity contribution in [1.29, 1.82) is 0 Å². The van der Waals surface area contributed by atoms with E-state index in [-0.39, 0.29) is 5.41 Å². The van der Waals surface area contributed by atoms with E-state index in [1.54, 1.807) is 0 Å². The first-order valence-corrected chi connectivity index (χ1v) is 21.3. The van der Waals surface area contributed by atoms with Gasteiger partial charge >= 0.3 is 0 Å². The lowest BCUT2D eigenvalue weighted by atomic mass is 9.81. The summed E-state index contributed by atoms with van der Waals surface area (Å²) in [7, 11) is 0. The van der Waals surface area contributed by atoms with E-state index in [4.69, 9.17) is 0 Å². The van der Waals surface area contributed by atoms with Crippen molar-refractivity contribution in [2.75, 3.05) is 0 Å². The van der Waals surface area contributed by atoms with Crippen LogP contribution in [0.15, 0.2) is 206 Å². The molecule has 2 aromatic heterocycles. The van der Waals surface area contributed by atoms with E-state index < -0.39 is 0 Å². The van der Waals surface area contributed by atoms with Crippen LogP contribution in [0.4, 0.5) is 0 Å². The summed E-state index contributed by atoms with van der Waals surface area (Å²) in [5, 5.41) is 5.08. The van der Waals surface area contributed by atoms with Gasteiger partial charge in [-0.05, 0) is 122 Å². The fourth-order valence-electron chi connectivity index (χ4n) is 10.0. The zero-order valence-corrected chi connectivity index (χ0v) is 34.2. The van der Waals surface area contributed by atoms with Crippen LogP contribution < -0.4 is 0 Å². The number of hydrogen-bond donors (Lipinski definition) is 0. The average molecular weight is 779 g/mol. The summed E-state index contributed by atoms with van der Waals surface area (Å²) in [6.45, 7) is 4.75. The fraction of sp³-hybridized carbons (Fsp3) is 0.0508. The SMILES string of the molecule is CC1(C)c2cc(/C=C/c3ccc(-c4ccc5c(c4)c4ccccc4n5-c4ccccc4)cc3)ccc2-c2ccc(-c3ccc4c(c3)c3ccccc3n4-c3ccccc3)cc21. The van der Waals surface area contributed by atoms with E-state index in [1.807, 2.05) is 0 Å². The van der Waals surface area contributed by atoms with Crippen molar-refractivity contribution in [3.05, 3.63) is 229 Å². The molecule has 1 aliphatic carbocycles. The van der Waals surface area contributed by atoms with Crippen LogP contribution in [0.3, 0.4) is 0 Å². The quantitative estimate of drug-likeness (QED) is 0.149. The normalized spacial score (nSPS) is 13.1. The number of hydrogen-bond acceptors (Lipinski definition) is 0. The van der Waals surface area contributed by atoms with E-state index >= 15 is 0 Å². The van der Waals surface area contributed by atoms with Gasteiger partial charge in [-0.2, -0.15) is 0 Å². The molecule has 288 valence electrons. The van der Waals surface area contributed by atoms with Crippen molar-refractivity contribution in [3.8, 4) is 44.8 Å². The summed E-state index contributed by atoms with van der Waals surface area (Å²) in [4.78, 5) is 0. The number of nitrogens with zero attached hydrogens (tertiary/aromatic N) is 2. The molecule has 0 bridgehead atoms. The number of benzene rings is 9. The predicted molar refractivity (Wildman–Crippen MR) is 259 cm³/mol. The summed E-state index contributed by atoms with van der Waals surface area (Å²) in [5.74, 6) is 0. The van der Waals surface area contributed by atoms with E-state index in [0.29, 0.717) is 0 Å². The molecular weight excluding hydrogens is 737 g/mol. The van der Waals surface area contributed by atoms with Crippen molar-refractivity contribution >= 4 is 55.8 Å². The Morgan fingerprint density at radius 1 is 0.328 bits per heavy atom. The second-order valence-electron chi connectivity index (χ2n) is 17.0. The molecule has 2 heterocycles. The summed E-state index contributed by atoms with van der Waals surface area (Å²) in [6.07, 6.45) is 4.49. The highest BCUT2D eigenvalue weighted by Crippen LogP contribution is 2.50. The lowest BCUT2D eigenvalue weighted by Crippen LogP contribution is -2.15. The molecule has 1 aliphatic rings. The van der Waals surface area contributed by atoms with Crippen molar-refractivity contribution in [2.45, 2.75) is 19.3 Å². The Balaban J connectivity index is 0.822. The van der Waals surface area contributed by atoms with E-state index in [9.17, 15) is 0 Å². The van der Waals surface area contributed by atoms with E-state index in [1.165, 1.54) is 111 Å². The number of rotatable bonds is 6. The molecule has 0 saturated heterocycles. The topological polar surface area (TPSA) is 9.86 Å².